The number of phenols is 1. The summed E-state index contributed by atoms with van der Waals surface area (Å²) in [5.41, 5.74) is 1.41. The van der Waals surface area contributed by atoms with Gasteiger partial charge in [-0.2, -0.15) is 0 Å². The lowest BCUT2D eigenvalue weighted by Gasteiger charge is -2.16. The Hall–Kier alpha value is -2.42. The monoisotopic (exact) mass is 310 g/mol. The Kier molecular flexibility index (Phi) is 6.10. The van der Waals surface area contributed by atoms with Crippen LogP contribution in [-0.4, -0.2) is 16.7 Å². The third kappa shape index (κ3) is 4.78. The van der Waals surface area contributed by atoms with Crippen molar-refractivity contribution in [3.63, 3.8) is 0 Å². The number of aromatic hydroxyl groups is 1. The third-order valence-corrected chi connectivity index (χ3v) is 3.95. The number of phenolic OH excluding ortho intramolecular Hbond substituents is 1. The second-order valence-corrected chi connectivity index (χ2v) is 5.71. The van der Waals surface area contributed by atoms with E-state index in [4.69, 9.17) is 0 Å². The Balaban J connectivity index is 2.18. The maximum Gasteiger partial charge on any atom is 0.163 e. The first-order chi connectivity index (χ1) is 11.1. The number of carbonyl (C=O) groups excluding carboxylic acids is 2. The molecule has 0 saturated carbocycles. The van der Waals surface area contributed by atoms with Crippen molar-refractivity contribution >= 4 is 11.6 Å². The van der Waals surface area contributed by atoms with Gasteiger partial charge in [0.05, 0.1) is 0 Å². The van der Waals surface area contributed by atoms with E-state index in [9.17, 15) is 14.7 Å². The molecule has 1 atom stereocenters. The summed E-state index contributed by atoms with van der Waals surface area (Å²) in [4.78, 5) is 25.0. The molecule has 3 nitrogen and oxygen atoms in total. The van der Waals surface area contributed by atoms with E-state index >= 15 is 0 Å². The van der Waals surface area contributed by atoms with Gasteiger partial charge in [-0.25, -0.2) is 0 Å². The molecule has 0 radical (unpaired) electrons. The average Bonchev–Trinajstić information content (AvgIpc) is 2.58. The highest BCUT2D eigenvalue weighted by Gasteiger charge is 2.23. The van der Waals surface area contributed by atoms with Crippen molar-refractivity contribution in [3.05, 3.63) is 65.7 Å². The topological polar surface area (TPSA) is 54.4 Å². The molecule has 0 bridgehead atoms. The van der Waals surface area contributed by atoms with Crippen molar-refractivity contribution in [3.8, 4) is 5.75 Å². The molecule has 23 heavy (non-hydrogen) atoms. The zero-order valence-electron chi connectivity index (χ0n) is 13.4. The molecule has 0 aliphatic heterocycles. The normalized spacial score (nSPS) is 11.9. The van der Waals surface area contributed by atoms with Crippen LogP contribution in [0.4, 0.5) is 0 Å². The van der Waals surface area contributed by atoms with E-state index in [0.717, 1.165) is 18.4 Å². The second kappa shape index (κ2) is 8.28. The lowest BCUT2D eigenvalue weighted by atomic mass is 9.86. The Labute approximate surface area is 137 Å². The van der Waals surface area contributed by atoms with Crippen molar-refractivity contribution in [1.82, 2.24) is 0 Å². The third-order valence-electron chi connectivity index (χ3n) is 3.95. The van der Waals surface area contributed by atoms with Crippen LogP contribution in [-0.2, 0) is 4.79 Å². The van der Waals surface area contributed by atoms with Crippen LogP contribution < -0.4 is 0 Å². The van der Waals surface area contributed by atoms with Gasteiger partial charge in [0.1, 0.15) is 11.5 Å². The minimum Gasteiger partial charge on any atom is -0.508 e. The van der Waals surface area contributed by atoms with E-state index < -0.39 is 5.92 Å². The Bertz CT molecular complexity index is 644. The van der Waals surface area contributed by atoms with Crippen LogP contribution in [0.2, 0.25) is 0 Å². The number of rotatable bonds is 8. The zero-order chi connectivity index (χ0) is 16.7. The van der Waals surface area contributed by atoms with Crippen molar-refractivity contribution < 1.29 is 14.7 Å². The molecule has 0 fully saturated rings. The SMILES string of the molecule is CCCCC(=O)C(CC(=O)c1ccc(O)cc1)c1ccccc1. The molecule has 0 heterocycles. The molecular weight excluding hydrogens is 288 g/mol. The summed E-state index contributed by atoms with van der Waals surface area (Å²) in [5.74, 6) is -0.238. The molecule has 2 aromatic carbocycles. The van der Waals surface area contributed by atoms with Gasteiger partial charge >= 0.3 is 0 Å². The van der Waals surface area contributed by atoms with E-state index in [1.165, 1.54) is 12.1 Å². The predicted octanol–water partition coefficient (Wildman–Crippen LogP) is 4.51. The first-order valence-corrected chi connectivity index (χ1v) is 8.01. The highest BCUT2D eigenvalue weighted by Crippen LogP contribution is 2.25. The average molecular weight is 310 g/mol. The minimum absolute atomic E-state index is 0.0799. The molecule has 1 unspecified atom stereocenters. The Morgan fingerprint density at radius 3 is 2.26 bits per heavy atom. The Morgan fingerprint density at radius 2 is 1.65 bits per heavy atom. The summed E-state index contributed by atoms with van der Waals surface area (Å²) in [7, 11) is 0. The van der Waals surface area contributed by atoms with Crippen molar-refractivity contribution in [2.24, 2.45) is 0 Å². The van der Waals surface area contributed by atoms with Gasteiger partial charge in [-0.1, -0.05) is 43.7 Å². The molecule has 2 rings (SSSR count). The summed E-state index contributed by atoms with van der Waals surface area (Å²) in [5, 5.41) is 9.32. The van der Waals surface area contributed by atoms with Gasteiger partial charge in [0.2, 0.25) is 0 Å². The summed E-state index contributed by atoms with van der Waals surface area (Å²) in [6, 6.07) is 15.6. The second-order valence-electron chi connectivity index (χ2n) is 5.71. The summed E-state index contributed by atoms with van der Waals surface area (Å²) < 4.78 is 0. The van der Waals surface area contributed by atoms with E-state index in [0.29, 0.717) is 12.0 Å². The minimum atomic E-state index is -0.399. The van der Waals surface area contributed by atoms with Crippen LogP contribution in [0, 0.1) is 0 Å². The van der Waals surface area contributed by atoms with Gasteiger partial charge in [0, 0.05) is 24.3 Å². The number of Topliss-reactive ketones (excluding diaryl/α,β-unsaturated/α-hetero) is 2. The predicted molar refractivity (Wildman–Crippen MR) is 90.8 cm³/mol. The maximum absolute atomic E-state index is 12.5. The van der Waals surface area contributed by atoms with Gasteiger partial charge in [-0.15, -0.1) is 0 Å². The van der Waals surface area contributed by atoms with E-state index in [1.54, 1.807) is 12.1 Å². The Morgan fingerprint density at radius 1 is 1.00 bits per heavy atom. The number of hydrogen-bond acceptors (Lipinski definition) is 3. The van der Waals surface area contributed by atoms with Crippen LogP contribution in [0.15, 0.2) is 54.6 Å². The number of unbranched alkanes of at least 4 members (excludes halogenated alkanes) is 1. The number of ketones is 2. The first-order valence-electron chi connectivity index (χ1n) is 8.01. The fraction of sp³-hybridized carbons (Fsp3) is 0.300. The molecule has 2 aromatic rings. The van der Waals surface area contributed by atoms with E-state index in [2.05, 4.69) is 0 Å². The molecule has 0 aromatic heterocycles. The van der Waals surface area contributed by atoms with Crippen LogP contribution in [0.1, 0.15) is 54.4 Å². The summed E-state index contributed by atoms with van der Waals surface area (Å²) >= 11 is 0. The van der Waals surface area contributed by atoms with Crippen molar-refractivity contribution in [2.75, 3.05) is 0 Å². The lowest BCUT2D eigenvalue weighted by molar-refractivity contribution is -0.120. The maximum atomic E-state index is 12.5. The van der Waals surface area contributed by atoms with Crippen LogP contribution >= 0.6 is 0 Å². The molecule has 3 heteroatoms. The van der Waals surface area contributed by atoms with Gasteiger partial charge in [-0.3, -0.25) is 9.59 Å². The fourth-order valence-electron chi connectivity index (χ4n) is 2.58. The number of benzene rings is 2. The number of carbonyl (C=O) groups is 2. The molecule has 0 spiro atoms. The standard InChI is InChI=1S/C20H22O3/c1-2-3-9-19(22)18(15-7-5-4-6-8-15)14-20(23)16-10-12-17(21)13-11-16/h4-8,10-13,18,21H,2-3,9,14H2,1H3. The largest absolute Gasteiger partial charge is 0.508 e. The van der Waals surface area contributed by atoms with Crippen molar-refractivity contribution in [1.29, 1.82) is 0 Å². The summed E-state index contributed by atoms with van der Waals surface area (Å²) in [6.45, 7) is 2.05. The van der Waals surface area contributed by atoms with Crippen molar-refractivity contribution in [2.45, 2.75) is 38.5 Å². The molecule has 1 N–H and O–H groups in total. The van der Waals surface area contributed by atoms with Gasteiger partial charge in [-0.05, 0) is 36.2 Å². The quantitative estimate of drug-likeness (QED) is 0.730. The highest BCUT2D eigenvalue weighted by molar-refractivity contribution is 6.00. The zero-order valence-corrected chi connectivity index (χ0v) is 13.4. The van der Waals surface area contributed by atoms with E-state index in [1.807, 2.05) is 37.3 Å². The van der Waals surface area contributed by atoms with E-state index in [-0.39, 0.29) is 23.7 Å². The van der Waals surface area contributed by atoms with Gasteiger partial charge in [0.15, 0.2) is 5.78 Å². The highest BCUT2D eigenvalue weighted by atomic mass is 16.3. The molecular formula is C20H22O3. The summed E-state index contributed by atoms with van der Waals surface area (Å²) in [6.07, 6.45) is 2.46. The molecule has 0 aliphatic carbocycles. The van der Waals surface area contributed by atoms with Gasteiger partial charge < -0.3 is 5.11 Å². The first kappa shape index (κ1) is 16.9. The fourth-order valence-corrected chi connectivity index (χ4v) is 2.58. The number of hydrogen-bond donors (Lipinski definition) is 1. The molecule has 0 aliphatic rings. The molecule has 0 saturated heterocycles. The lowest BCUT2D eigenvalue weighted by Crippen LogP contribution is -2.17. The van der Waals surface area contributed by atoms with Crippen LogP contribution in [0.25, 0.3) is 0 Å². The smallest absolute Gasteiger partial charge is 0.163 e. The molecule has 120 valence electrons. The molecule has 0 amide bonds. The van der Waals surface area contributed by atoms with Crippen LogP contribution in [0.5, 0.6) is 5.75 Å². The van der Waals surface area contributed by atoms with Crippen LogP contribution in [0.3, 0.4) is 0 Å². The van der Waals surface area contributed by atoms with Gasteiger partial charge in [0.25, 0.3) is 0 Å².